The van der Waals surface area contributed by atoms with Crippen LogP contribution in [0.2, 0.25) is 0 Å². The molecule has 3 fully saturated rings. The van der Waals surface area contributed by atoms with Gasteiger partial charge in [-0.2, -0.15) is 0 Å². The van der Waals surface area contributed by atoms with Gasteiger partial charge in [-0.1, -0.05) is 0 Å². The zero-order valence-electron chi connectivity index (χ0n) is 15.6. The minimum Gasteiger partial charge on any atom is -0.494 e. The van der Waals surface area contributed by atoms with E-state index in [1.165, 1.54) is 12.4 Å². The zero-order chi connectivity index (χ0) is 19.1. The number of carbonyl (C=O) groups excluding carboxylic acids is 1. The molecule has 0 unspecified atom stereocenters. The molecule has 3 aliphatic rings. The molecule has 3 aliphatic heterocycles. The number of hydrogen-bond donors (Lipinski definition) is 1. The highest BCUT2D eigenvalue weighted by molar-refractivity contribution is 5.91. The average molecular weight is 382 g/mol. The lowest BCUT2D eigenvalue weighted by Crippen LogP contribution is -2.42. The third-order valence-corrected chi connectivity index (χ3v) is 6.21. The van der Waals surface area contributed by atoms with Crippen LogP contribution in [0.25, 0.3) is 0 Å². The fourth-order valence-corrected chi connectivity index (χ4v) is 4.91. The number of nitrogens with one attached hydrogen (secondary N) is 1. The highest BCUT2D eigenvalue weighted by Gasteiger charge is 2.63. The van der Waals surface area contributed by atoms with Crippen LogP contribution in [0.1, 0.15) is 23.3 Å². The van der Waals surface area contributed by atoms with E-state index in [1.807, 2.05) is 0 Å². The Kier molecular flexibility index (Phi) is 4.12. The first-order valence-electron chi connectivity index (χ1n) is 9.51. The number of methoxy groups -OCH3 is 1. The van der Waals surface area contributed by atoms with Gasteiger partial charge in [0.25, 0.3) is 5.91 Å². The molecule has 2 bridgehead atoms. The summed E-state index contributed by atoms with van der Waals surface area (Å²) in [6.07, 6.45) is 10.2. The molecule has 28 heavy (non-hydrogen) atoms. The molecule has 3 saturated heterocycles. The molecule has 9 heteroatoms. The van der Waals surface area contributed by atoms with E-state index in [1.54, 1.807) is 25.7 Å². The molecule has 0 aromatic carbocycles. The normalized spacial score (nSPS) is 30.3. The van der Waals surface area contributed by atoms with Gasteiger partial charge in [-0.25, -0.2) is 15.0 Å². The molecule has 5 rings (SSSR count). The van der Waals surface area contributed by atoms with Crippen LogP contribution in [0, 0.1) is 11.8 Å². The van der Waals surface area contributed by atoms with Gasteiger partial charge in [0, 0.05) is 37.3 Å². The highest BCUT2D eigenvalue weighted by Crippen LogP contribution is 2.54. The number of ether oxygens (including phenoxy) is 2. The first kappa shape index (κ1) is 17.3. The number of anilines is 1. The van der Waals surface area contributed by atoms with E-state index in [9.17, 15) is 4.79 Å². The third kappa shape index (κ3) is 2.77. The predicted octanol–water partition coefficient (Wildman–Crippen LogP) is 0.689. The molecule has 1 spiro atoms. The molecule has 2 aromatic rings. The quantitative estimate of drug-likeness (QED) is 0.806. The summed E-state index contributed by atoms with van der Waals surface area (Å²) in [5.74, 6) is 1.76. The number of fused-ring (bicyclic) bond motifs is 1. The molecule has 5 heterocycles. The van der Waals surface area contributed by atoms with Gasteiger partial charge in [0.1, 0.15) is 5.69 Å². The Morgan fingerprint density at radius 2 is 2.18 bits per heavy atom. The van der Waals surface area contributed by atoms with Crippen molar-refractivity contribution in [2.24, 2.45) is 11.8 Å². The van der Waals surface area contributed by atoms with E-state index in [4.69, 9.17) is 9.47 Å². The van der Waals surface area contributed by atoms with Gasteiger partial charge in [0.15, 0.2) is 5.75 Å². The summed E-state index contributed by atoms with van der Waals surface area (Å²) in [5.41, 5.74) is 0.177. The minimum atomic E-state index is -0.196. The number of amides is 1. The minimum absolute atomic E-state index is 0.157. The molecule has 4 atom stereocenters. The van der Waals surface area contributed by atoms with Crippen LogP contribution in [-0.2, 0) is 4.74 Å². The summed E-state index contributed by atoms with van der Waals surface area (Å²) in [6, 6.07) is 0. The first-order chi connectivity index (χ1) is 13.7. The van der Waals surface area contributed by atoms with Crippen LogP contribution in [0.15, 0.2) is 31.0 Å². The maximum atomic E-state index is 12.3. The van der Waals surface area contributed by atoms with Crippen LogP contribution in [0.3, 0.4) is 0 Å². The first-order valence-corrected chi connectivity index (χ1v) is 9.51. The number of aromatic nitrogens is 4. The standard InChI is InChI=1S/C19H22N6O3/c1-27-12-6-23-18(24-7-12)25-10-14-13(16-2-3-19(14,11-25)28-16)8-22-17(26)15-9-20-4-5-21-15/h4-7,9,13-14,16H,2-3,8,10-11H2,1H3,(H,22,26)/t13-,14+,16+,19+/m0/s1. The third-order valence-electron chi connectivity index (χ3n) is 6.21. The number of nitrogens with zero attached hydrogens (tertiary/aromatic N) is 5. The highest BCUT2D eigenvalue weighted by atomic mass is 16.5. The topological polar surface area (TPSA) is 102 Å². The van der Waals surface area contributed by atoms with Gasteiger partial charge in [0.05, 0.1) is 44.0 Å². The second-order valence-corrected chi connectivity index (χ2v) is 7.63. The van der Waals surface area contributed by atoms with Gasteiger partial charge < -0.3 is 19.7 Å². The largest absolute Gasteiger partial charge is 0.494 e. The molecule has 1 amide bonds. The summed E-state index contributed by atoms with van der Waals surface area (Å²) in [4.78, 5) is 31.4. The van der Waals surface area contributed by atoms with Crippen molar-refractivity contribution in [1.29, 1.82) is 0 Å². The van der Waals surface area contributed by atoms with Crippen molar-refractivity contribution in [3.05, 3.63) is 36.7 Å². The summed E-state index contributed by atoms with van der Waals surface area (Å²) < 4.78 is 11.6. The summed E-state index contributed by atoms with van der Waals surface area (Å²) in [7, 11) is 1.60. The molecule has 0 aliphatic carbocycles. The van der Waals surface area contributed by atoms with Crippen molar-refractivity contribution < 1.29 is 14.3 Å². The Hall–Kier alpha value is -2.81. The second-order valence-electron chi connectivity index (χ2n) is 7.63. The van der Waals surface area contributed by atoms with Crippen LogP contribution in [0.5, 0.6) is 5.75 Å². The lowest BCUT2D eigenvalue weighted by Gasteiger charge is -2.29. The molecule has 146 valence electrons. The maximum absolute atomic E-state index is 12.3. The Balaban J connectivity index is 1.28. The smallest absolute Gasteiger partial charge is 0.271 e. The van der Waals surface area contributed by atoms with Crippen LogP contribution in [0.4, 0.5) is 5.95 Å². The van der Waals surface area contributed by atoms with E-state index in [2.05, 4.69) is 30.2 Å². The van der Waals surface area contributed by atoms with Crippen LogP contribution in [-0.4, -0.2) is 64.3 Å². The Morgan fingerprint density at radius 3 is 2.93 bits per heavy atom. The lowest BCUT2D eigenvalue weighted by atomic mass is 9.73. The monoisotopic (exact) mass is 382 g/mol. The average Bonchev–Trinajstić information content (AvgIpc) is 3.41. The SMILES string of the molecule is COc1cnc(N2C[C@@H]3[C@H](CNC(=O)c4cnccn4)[C@H]4CC[C@]3(C2)O4)nc1. The van der Waals surface area contributed by atoms with Crippen molar-refractivity contribution in [1.82, 2.24) is 25.3 Å². The Labute approximate surface area is 162 Å². The Bertz CT molecular complexity index is 864. The molecule has 1 N–H and O–H groups in total. The second kappa shape index (κ2) is 6.66. The van der Waals surface area contributed by atoms with E-state index in [0.29, 0.717) is 29.9 Å². The van der Waals surface area contributed by atoms with E-state index in [0.717, 1.165) is 25.9 Å². The van der Waals surface area contributed by atoms with Crippen molar-refractivity contribution in [2.45, 2.75) is 24.5 Å². The fraction of sp³-hybridized carbons (Fsp3) is 0.526. The number of hydrogen-bond acceptors (Lipinski definition) is 8. The Morgan fingerprint density at radius 1 is 1.32 bits per heavy atom. The van der Waals surface area contributed by atoms with Gasteiger partial charge >= 0.3 is 0 Å². The van der Waals surface area contributed by atoms with Gasteiger partial charge in [0.2, 0.25) is 5.95 Å². The van der Waals surface area contributed by atoms with Crippen molar-refractivity contribution in [3.63, 3.8) is 0 Å². The van der Waals surface area contributed by atoms with Crippen LogP contribution >= 0.6 is 0 Å². The molecule has 9 nitrogen and oxygen atoms in total. The maximum Gasteiger partial charge on any atom is 0.271 e. The van der Waals surface area contributed by atoms with E-state index in [-0.39, 0.29) is 23.5 Å². The summed E-state index contributed by atoms with van der Waals surface area (Å²) >= 11 is 0. The predicted molar refractivity (Wildman–Crippen MR) is 99.0 cm³/mol. The molecule has 0 radical (unpaired) electrons. The van der Waals surface area contributed by atoms with Crippen LogP contribution < -0.4 is 15.0 Å². The van der Waals surface area contributed by atoms with Gasteiger partial charge in [-0.3, -0.25) is 9.78 Å². The number of rotatable bonds is 5. The lowest BCUT2D eigenvalue weighted by molar-refractivity contribution is 0.0141. The van der Waals surface area contributed by atoms with E-state index >= 15 is 0 Å². The zero-order valence-corrected chi connectivity index (χ0v) is 15.6. The fourth-order valence-electron chi connectivity index (χ4n) is 4.91. The van der Waals surface area contributed by atoms with Gasteiger partial charge in [-0.05, 0) is 12.8 Å². The van der Waals surface area contributed by atoms with Crippen molar-refractivity contribution in [2.75, 3.05) is 31.6 Å². The van der Waals surface area contributed by atoms with E-state index < -0.39 is 0 Å². The summed E-state index contributed by atoms with van der Waals surface area (Å²) in [5, 5.41) is 3.02. The molecular formula is C19H22N6O3. The van der Waals surface area contributed by atoms with Crippen molar-refractivity contribution >= 4 is 11.9 Å². The summed E-state index contributed by atoms with van der Waals surface area (Å²) in [6.45, 7) is 2.19. The molecule has 0 saturated carbocycles. The molecular weight excluding hydrogens is 360 g/mol. The van der Waals surface area contributed by atoms with Gasteiger partial charge in [-0.15, -0.1) is 0 Å². The molecule has 2 aromatic heterocycles. The number of carbonyl (C=O) groups is 1. The van der Waals surface area contributed by atoms with Crippen molar-refractivity contribution in [3.8, 4) is 5.75 Å².